The smallest absolute Gasteiger partial charge is 0.152 e. The Morgan fingerprint density at radius 2 is 1.88 bits per heavy atom. The van der Waals surface area contributed by atoms with E-state index in [1.54, 1.807) is 0 Å². The van der Waals surface area contributed by atoms with Crippen molar-refractivity contribution in [3.8, 4) is 0 Å². The van der Waals surface area contributed by atoms with Crippen LogP contribution in [0.1, 0.15) is 0 Å². The zero-order valence-corrected chi connectivity index (χ0v) is 5.32. The van der Waals surface area contributed by atoms with E-state index in [1.165, 1.54) is 5.31 Å². The Morgan fingerprint density at radius 1 is 1.38 bits per heavy atom. The maximum atomic E-state index is 10.7. The van der Waals surface area contributed by atoms with Crippen LogP contribution in [0, 0.1) is 0 Å². The average Bonchev–Trinajstić information content (AvgIpc) is 1.78. The van der Waals surface area contributed by atoms with Gasteiger partial charge in [0.05, 0.1) is 11.5 Å². The summed E-state index contributed by atoms with van der Waals surface area (Å²) in [6, 6.07) is 0. The number of hydrogen-bond donors (Lipinski definition) is 1. The van der Waals surface area contributed by atoms with Gasteiger partial charge < -0.3 is 5.31 Å². The molecular weight excluding hydrogens is 126 g/mol. The summed E-state index contributed by atoms with van der Waals surface area (Å²) < 4.78 is 28.4. The molecule has 1 rings (SSSR count). The molecule has 4 heteroatoms. The summed E-state index contributed by atoms with van der Waals surface area (Å²) in [5, 5.41) is 1.28. The van der Waals surface area contributed by atoms with E-state index < -0.39 is 9.84 Å². The van der Waals surface area contributed by atoms with Crippen LogP contribution in [0.25, 0.3) is 0 Å². The SMILES string of the molecule is [2H]N1CCS(=O)(=O)CC1. The van der Waals surface area contributed by atoms with Crippen molar-refractivity contribution in [2.75, 3.05) is 24.6 Å². The fourth-order valence-electron chi connectivity index (χ4n) is 0.621. The van der Waals surface area contributed by atoms with E-state index in [0.717, 1.165) is 0 Å². The molecule has 1 aliphatic heterocycles. The van der Waals surface area contributed by atoms with Crippen LogP contribution in [-0.2, 0) is 9.84 Å². The first-order valence-corrected chi connectivity index (χ1v) is 4.36. The molecule has 0 bridgehead atoms. The van der Waals surface area contributed by atoms with Crippen LogP contribution < -0.4 is 5.31 Å². The third kappa shape index (κ3) is 1.45. The number of hydrogen-bond acceptors (Lipinski definition) is 3. The first-order chi connectivity index (χ1) is 4.10. The zero-order chi connectivity index (χ0) is 6.91. The Balaban J connectivity index is 2.55. The summed E-state index contributed by atoms with van der Waals surface area (Å²) in [5.74, 6) is 0.299. The maximum Gasteiger partial charge on any atom is 0.152 e. The molecule has 0 aromatic rings. The van der Waals surface area contributed by atoms with Crippen LogP contribution in [0.3, 0.4) is 0 Å². The van der Waals surface area contributed by atoms with Gasteiger partial charge in [0.15, 0.2) is 9.84 Å². The number of sulfone groups is 1. The van der Waals surface area contributed by atoms with E-state index in [0.29, 0.717) is 13.1 Å². The van der Waals surface area contributed by atoms with Gasteiger partial charge in [0.25, 0.3) is 0 Å². The molecule has 1 N–H and O–H groups in total. The Morgan fingerprint density at radius 3 is 2.25 bits per heavy atom. The molecule has 3 nitrogen and oxygen atoms in total. The molecule has 0 amide bonds. The van der Waals surface area contributed by atoms with E-state index >= 15 is 0 Å². The molecule has 0 radical (unpaired) electrons. The minimum Gasteiger partial charge on any atom is -0.315 e. The summed E-state index contributed by atoms with van der Waals surface area (Å²) in [5.41, 5.74) is 0. The van der Waals surface area contributed by atoms with Gasteiger partial charge in [-0.2, -0.15) is 0 Å². The van der Waals surface area contributed by atoms with E-state index in [4.69, 9.17) is 1.41 Å². The Hall–Kier alpha value is -0.0900. The van der Waals surface area contributed by atoms with Crippen LogP contribution in [0.2, 0.25) is 1.41 Å². The van der Waals surface area contributed by atoms with Gasteiger partial charge in [-0.1, -0.05) is 0 Å². The molecule has 0 aromatic heterocycles. The zero-order valence-electron chi connectivity index (χ0n) is 5.50. The van der Waals surface area contributed by atoms with Gasteiger partial charge in [-0.25, -0.2) is 8.42 Å². The Labute approximate surface area is 50.5 Å². The lowest BCUT2D eigenvalue weighted by Crippen LogP contribution is -2.35. The average molecular weight is 136 g/mol. The molecule has 0 aromatic carbocycles. The highest BCUT2D eigenvalue weighted by molar-refractivity contribution is 7.91. The van der Waals surface area contributed by atoms with E-state index in [2.05, 4.69) is 0 Å². The minimum absolute atomic E-state index is 0.149. The third-order valence-corrected chi connectivity index (χ3v) is 2.73. The van der Waals surface area contributed by atoms with Crippen LogP contribution in [0.4, 0.5) is 0 Å². The highest BCUT2D eigenvalue weighted by Gasteiger charge is 2.13. The molecule has 1 aliphatic rings. The molecule has 1 heterocycles. The van der Waals surface area contributed by atoms with Crippen molar-refractivity contribution in [1.82, 2.24) is 5.31 Å². The predicted octanol–water partition coefficient (Wildman–Crippen LogP) is -0.996. The molecule has 1 saturated heterocycles. The largest absolute Gasteiger partial charge is 0.315 e. The van der Waals surface area contributed by atoms with Crippen LogP contribution in [0.15, 0.2) is 0 Å². The van der Waals surface area contributed by atoms with Crippen molar-refractivity contribution in [2.45, 2.75) is 0 Å². The molecule has 0 atom stereocenters. The van der Waals surface area contributed by atoms with Gasteiger partial charge in [0.1, 0.15) is 1.41 Å². The van der Waals surface area contributed by atoms with Gasteiger partial charge in [-0.15, -0.1) is 0 Å². The fourth-order valence-corrected chi connectivity index (χ4v) is 1.64. The van der Waals surface area contributed by atoms with E-state index in [1.807, 2.05) is 0 Å². The van der Waals surface area contributed by atoms with Crippen LogP contribution in [-0.4, -0.2) is 33.0 Å². The fraction of sp³-hybridized carbons (Fsp3) is 1.00. The van der Waals surface area contributed by atoms with Crippen LogP contribution in [0.5, 0.6) is 0 Å². The van der Waals surface area contributed by atoms with Gasteiger partial charge >= 0.3 is 0 Å². The molecule has 0 aliphatic carbocycles. The van der Waals surface area contributed by atoms with Crippen molar-refractivity contribution in [3.63, 3.8) is 0 Å². The van der Waals surface area contributed by atoms with Crippen molar-refractivity contribution in [3.05, 3.63) is 0 Å². The topological polar surface area (TPSA) is 46.2 Å². The monoisotopic (exact) mass is 136 g/mol. The summed E-state index contributed by atoms with van der Waals surface area (Å²) in [7, 11) is -2.78. The van der Waals surface area contributed by atoms with E-state index in [9.17, 15) is 8.42 Å². The maximum absolute atomic E-state index is 10.7. The molecule has 8 heavy (non-hydrogen) atoms. The van der Waals surface area contributed by atoms with Crippen molar-refractivity contribution in [1.29, 1.82) is 0 Å². The second-order valence-corrected chi connectivity index (χ2v) is 4.13. The van der Waals surface area contributed by atoms with Gasteiger partial charge in [0.2, 0.25) is 0 Å². The Bertz CT molecular complexity index is 175. The lowest BCUT2D eigenvalue weighted by atomic mass is 10.6. The van der Waals surface area contributed by atoms with Gasteiger partial charge in [-0.05, 0) is 0 Å². The standard InChI is InChI=1S/C4H9NO2S/c6-8(7)3-1-5-2-4-8/h5H,1-4H2/i/hD. The van der Waals surface area contributed by atoms with E-state index in [-0.39, 0.29) is 11.5 Å². The normalized spacial score (nSPS) is 31.8. The molecular formula is C4H9NO2S. The predicted molar refractivity (Wildman–Crippen MR) is 31.5 cm³/mol. The van der Waals surface area contributed by atoms with Gasteiger partial charge in [0, 0.05) is 13.1 Å². The molecule has 1 fully saturated rings. The number of nitrogens with one attached hydrogen (secondary N) is 1. The minimum atomic E-state index is -2.78. The van der Waals surface area contributed by atoms with Gasteiger partial charge in [-0.3, -0.25) is 0 Å². The highest BCUT2D eigenvalue weighted by Crippen LogP contribution is 1.91. The third-order valence-electron chi connectivity index (χ3n) is 1.12. The summed E-state index contributed by atoms with van der Waals surface area (Å²) in [4.78, 5) is 0. The molecule has 0 unspecified atom stereocenters. The van der Waals surface area contributed by atoms with Crippen molar-refractivity contribution >= 4 is 9.84 Å². The Kier molecular flexibility index (Phi) is 1.21. The second-order valence-electron chi connectivity index (χ2n) is 1.82. The summed E-state index contributed by atoms with van der Waals surface area (Å²) >= 11 is 0. The van der Waals surface area contributed by atoms with Crippen molar-refractivity contribution < 1.29 is 9.83 Å². The molecule has 48 valence electrons. The molecule has 0 spiro atoms. The quantitative estimate of drug-likeness (QED) is 0.465. The molecule has 0 saturated carbocycles. The van der Waals surface area contributed by atoms with Crippen LogP contribution >= 0.6 is 0 Å². The highest BCUT2D eigenvalue weighted by atomic mass is 32.2. The lowest BCUT2D eigenvalue weighted by molar-refractivity contribution is 0.577. The first kappa shape index (κ1) is 4.76. The second kappa shape index (κ2) is 2.03. The first-order valence-electron chi connectivity index (χ1n) is 2.99. The summed E-state index contributed by atoms with van der Waals surface area (Å²) in [6.07, 6.45) is 0. The van der Waals surface area contributed by atoms with Crippen molar-refractivity contribution in [2.24, 2.45) is 0 Å². The number of rotatable bonds is 0. The summed E-state index contributed by atoms with van der Waals surface area (Å²) in [6.45, 7) is 0.727. The lowest BCUT2D eigenvalue weighted by Gasteiger charge is -2.10.